The van der Waals surface area contributed by atoms with E-state index in [2.05, 4.69) is 25.2 Å². The number of benzene rings is 1. The molecule has 0 saturated carbocycles. The van der Waals surface area contributed by atoms with E-state index in [4.69, 9.17) is 0 Å². The molecule has 0 aliphatic rings. The molecule has 144 valence electrons. The van der Waals surface area contributed by atoms with E-state index in [1.54, 1.807) is 24.4 Å². The molecule has 0 radical (unpaired) electrons. The summed E-state index contributed by atoms with van der Waals surface area (Å²) in [5, 5.41) is 11.3. The summed E-state index contributed by atoms with van der Waals surface area (Å²) in [5.41, 5.74) is 1.68. The van der Waals surface area contributed by atoms with E-state index in [1.807, 2.05) is 12.1 Å². The van der Waals surface area contributed by atoms with Crippen LogP contribution in [0.15, 0.2) is 65.8 Å². The van der Waals surface area contributed by atoms with Crippen molar-refractivity contribution < 1.29 is 22.7 Å². The van der Waals surface area contributed by atoms with E-state index >= 15 is 0 Å². The lowest BCUT2D eigenvalue weighted by Gasteiger charge is -2.09. The predicted molar refractivity (Wildman–Crippen MR) is 97.7 cm³/mol. The van der Waals surface area contributed by atoms with Gasteiger partial charge in [0.05, 0.1) is 11.4 Å². The molecule has 1 aromatic carbocycles. The van der Waals surface area contributed by atoms with Crippen LogP contribution in [0.4, 0.5) is 18.9 Å². The molecule has 1 N–H and O–H groups in total. The lowest BCUT2D eigenvalue weighted by Crippen LogP contribution is -2.17. The van der Waals surface area contributed by atoms with Gasteiger partial charge in [-0.1, -0.05) is 17.8 Å². The Morgan fingerprint density at radius 2 is 1.79 bits per heavy atom. The molecule has 0 spiro atoms. The highest BCUT2D eigenvalue weighted by molar-refractivity contribution is 7.99. The number of halogens is 3. The molecule has 10 heteroatoms. The van der Waals surface area contributed by atoms with Crippen LogP contribution in [0.1, 0.15) is 0 Å². The molecule has 2 heterocycles. The Kier molecular flexibility index (Phi) is 6.09. The number of ether oxygens (including phenoxy) is 1. The van der Waals surface area contributed by atoms with Gasteiger partial charge in [0.15, 0.2) is 0 Å². The third-order valence-corrected chi connectivity index (χ3v) is 4.21. The number of carbonyl (C=O) groups is 1. The van der Waals surface area contributed by atoms with Gasteiger partial charge in [0.2, 0.25) is 5.91 Å². The molecule has 0 aliphatic heterocycles. The van der Waals surface area contributed by atoms with Crippen LogP contribution < -0.4 is 10.1 Å². The predicted octanol–water partition coefficient (Wildman–Crippen LogP) is 4.17. The summed E-state index contributed by atoms with van der Waals surface area (Å²) in [6.45, 7) is 0. The van der Waals surface area contributed by atoms with Crippen LogP contribution >= 0.6 is 11.8 Å². The maximum Gasteiger partial charge on any atom is 0.573 e. The first-order chi connectivity index (χ1) is 13.4. The highest BCUT2D eigenvalue weighted by Gasteiger charge is 2.30. The summed E-state index contributed by atoms with van der Waals surface area (Å²) in [6, 6.07) is 13.9. The third-order valence-electron chi connectivity index (χ3n) is 3.29. The molecule has 0 atom stereocenters. The number of hydrogen-bond donors (Lipinski definition) is 1. The van der Waals surface area contributed by atoms with Crippen LogP contribution in [0.5, 0.6) is 5.75 Å². The van der Waals surface area contributed by atoms with Crippen LogP contribution in [0, 0.1) is 0 Å². The van der Waals surface area contributed by atoms with E-state index in [0.29, 0.717) is 22.1 Å². The van der Waals surface area contributed by atoms with Gasteiger partial charge in [-0.3, -0.25) is 9.78 Å². The smallest absolute Gasteiger partial charge is 0.406 e. The van der Waals surface area contributed by atoms with Gasteiger partial charge in [-0.25, -0.2) is 0 Å². The first-order valence-corrected chi connectivity index (χ1v) is 8.91. The highest BCUT2D eigenvalue weighted by atomic mass is 32.2. The van der Waals surface area contributed by atoms with Crippen molar-refractivity contribution >= 4 is 23.4 Å². The first kappa shape index (κ1) is 19.6. The Morgan fingerprint density at radius 3 is 2.39 bits per heavy atom. The fourth-order valence-electron chi connectivity index (χ4n) is 2.12. The van der Waals surface area contributed by atoms with E-state index < -0.39 is 6.36 Å². The molecule has 2 aromatic heterocycles. The van der Waals surface area contributed by atoms with Gasteiger partial charge in [-0.2, -0.15) is 0 Å². The average molecular weight is 406 g/mol. The number of thioether (sulfide) groups is 1. The summed E-state index contributed by atoms with van der Waals surface area (Å²) >= 11 is 1.18. The van der Waals surface area contributed by atoms with Crippen LogP contribution in [-0.4, -0.2) is 33.2 Å². The minimum Gasteiger partial charge on any atom is -0.406 e. The largest absolute Gasteiger partial charge is 0.573 e. The minimum absolute atomic E-state index is 0.0679. The number of rotatable bonds is 6. The maximum atomic E-state index is 12.1. The Balaban J connectivity index is 1.50. The van der Waals surface area contributed by atoms with Gasteiger partial charge >= 0.3 is 6.36 Å². The molecular formula is C18H13F3N4O2S. The van der Waals surface area contributed by atoms with Gasteiger partial charge in [-0.15, -0.1) is 23.4 Å². The lowest BCUT2D eigenvalue weighted by atomic mass is 10.2. The standard InChI is InChI=1S/C18H13F3N4O2S/c19-18(20,21)27-13-6-4-12(5-7-13)23-16(26)11-28-17-9-8-15(24-25-17)14-3-1-2-10-22-14/h1-10H,11H2,(H,23,26). The molecule has 0 bridgehead atoms. The van der Waals surface area contributed by atoms with Gasteiger partial charge < -0.3 is 10.1 Å². The fourth-order valence-corrected chi connectivity index (χ4v) is 2.74. The van der Waals surface area contributed by atoms with Crippen molar-refractivity contribution in [2.45, 2.75) is 11.4 Å². The number of nitrogens with zero attached hydrogens (tertiary/aromatic N) is 3. The van der Waals surface area contributed by atoms with E-state index in [9.17, 15) is 18.0 Å². The second-order valence-corrected chi connectivity index (χ2v) is 6.38. The molecule has 6 nitrogen and oxygen atoms in total. The van der Waals surface area contributed by atoms with Crippen molar-refractivity contribution in [3.63, 3.8) is 0 Å². The number of hydrogen-bond acceptors (Lipinski definition) is 6. The maximum absolute atomic E-state index is 12.1. The number of nitrogens with one attached hydrogen (secondary N) is 1. The molecule has 3 rings (SSSR count). The molecule has 0 aliphatic carbocycles. The Hall–Kier alpha value is -3.14. The van der Waals surface area contributed by atoms with Crippen molar-refractivity contribution in [3.8, 4) is 17.1 Å². The van der Waals surface area contributed by atoms with E-state index in [1.165, 1.54) is 23.9 Å². The monoisotopic (exact) mass is 406 g/mol. The number of carbonyl (C=O) groups excluding carboxylic acids is 1. The van der Waals surface area contributed by atoms with E-state index in [-0.39, 0.29) is 17.4 Å². The third kappa shape index (κ3) is 5.95. The Labute approximate surface area is 162 Å². The molecule has 0 fully saturated rings. The average Bonchev–Trinajstić information content (AvgIpc) is 2.68. The molecule has 28 heavy (non-hydrogen) atoms. The van der Waals surface area contributed by atoms with Gasteiger partial charge in [0.1, 0.15) is 16.5 Å². The van der Waals surface area contributed by atoms with E-state index in [0.717, 1.165) is 12.1 Å². The summed E-state index contributed by atoms with van der Waals surface area (Å²) in [6.07, 6.45) is -3.10. The summed E-state index contributed by atoms with van der Waals surface area (Å²) < 4.78 is 40.1. The number of pyridine rings is 1. The number of amides is 1. The van der Waals surface area contributed by atoms with Crippen LogP contribution in [0.2, 0.25) is 0 Å². The van der Waals surface area contributed by atoms with Crippen molar-refractivity contribution in [2.24, 2.45) is 0 Å². The fraction of sp³-hybridized carbons (Fsp3) is 0.111. The number of alkyl halides is 3. The van der Waals surface area contributed by atoms with Gasteiger partial charge in [-0.05, 0) is 48.5 Å². The lowest BCUT2D eigenvalue weighted by molar-refractivity contribution is -0.274. The highest BCUT2D eigenvalue weighted by Crippen LogP contribution is 2.24. The van der Waals surface area contributed by atoms with Gasteiger partial charge in [0, 0.05) is 11.9 Å². The van der Waals surface area contributed by atoms with Crippen molar-refractivity contribution in [1.82, 2.24) is 15.2 Å². The molecule has 0 saturated heterocycles. The molecule has 3 aromatic rings. The molecular weight excluding hydrogens is 393 g/mol. The SMILES string of the molecule is O=C(CSc1ccc(-c2ccccn2)nn1)Nc1ccc(OC(F)(F)F)cc1. The van der Waals surface area contributed by atoms with Crippen molar-refractivity contribution in [2.75, 3.05) is 11.1 Å². The Morgan fingerprint density at radius 1 is 1.00 bits per heavy atom. The second kappa shape index (κ2) is 8.70. The zero-order valence-electron chi connectivity index (χ0n) is 14.2. The van der Waals surface area contributed by atoms with Crippen molar-refractivity contribution in [3.05, 3.63) is 60.8 Å². The Bertz CT molecular complexity index is 920. The zero-order valence-corrected chi connectivity index (χ0v) is 15.0. The summed E-state index contributed by atoms with van der Waals surface area (Å²) in [5.74, 6) is -0.619. The van der Waals surface area contributed by atoms with Gasteiger partial charge in [0.25, 0.3) is 0 Å². The van der Waals surface area contributed by atoms with Crippen LogP contribution in [0.3, 0.4) is 0 Å². The van der Waals surface area contributed by atoms with Crippen LogP contribution in [0.25, 0.3) is 11.4 Å². The summed E-state index contributed by atoms with van der Waals surface area (Å²) in [7, 11) is 0. The number of aromatic nitrogens is 3. The molecule has 1 amide bonds. The zero-order chi connectivity index (χ0) is 20.0. The normalized spacial score (nSPS) is 11.1. The molecule has 0 unspecified atom stereocenters. The first-order valence-electron chi connectivity index (χ1n) is 7.93. The minimum atomic E-state index is -4.76. The number of anilines is 1. The van der Waals surface area contributed by atoms with Crippen LogP contribution in [-0.2, 0) is 4.79 Å². The quantitative estimate of drug-likeness (QED) is 0.620. The van der Waals surface area contributed by atoms with Crippen molar-refractivity contribution in [1.29, 1.82) is 0 Å². The second-order valence-electron chi connectivity index (χ2n) is 5.38. The summed E-state index contributed by atoms with van der Waals surface area (Å²) in [4.78, 5) is 16.2. The topological polar surface area (TPSA) is 77.0 Å².